The Morgan fingerprint density at radius 3 is 2.38 bits per heavy atom. The first-order chi connectivity index (χ1) is 6.22. The maximum absolute atomic E-state index is 9.90. The van der Waals surface area contributed by atoms with Gasteiger partial charge < -0.3 is 15.7 Å². The molecule has 1 aliphatic heterocycles. The standard InChI is InChI=1S/C10H20N2O/c11-8-10(13)3-5-12(6-4-10)7-9-1-2-9/h9,13H,1-8,11H2. The second-order valence-corrected chi connectivity index (χ2v) is 4.67. The molecule has 0 bridgehead atoms. The fourth-order valence-corrected chi connectivity index (χ4v) is 2.02. The first kappa shape index (κ1) is 9.44. The van der Waals surface area contributed by atoms with Gasteiger partial charge in [0.05, 0.1) is 5.60 Å². The van der Waals surface area contributed by atoms with E-state index in [0.717, 1.165) is 31.8 Å². The topological polar surface area (TPSA) is 49.5 Å². The number of hydrogen-bond acceptors (Lipinski definition) is 3. The minimum Gasteiger partial charge on any atom is -0.388 e. The highest BCUT2D eigenvalue weighted by molar-refractivity contribution is 4.88. The summed E-state index contributed by atoms with van der Waals surface area (Å²) < 4.78 is 0. The number of rotatable bonds is 3. The Kier molecular flexibility index (Phi) is 2.58. The average molecular weight is 184 g/mol. The van der Waals surface area contributed by atoms with Crippen LogP contribution in [0.5, 0.6) is 0 Å². The van der Waals surface area contributed by atoms with Gasteiger partial charge in [-0.2, -0.15) is 0 Å². The zero-order valence-corrected chi connectivity index (χ0v) is 8.21. The lowest BCUT2D eigenvalue weighted by Crippen LogP contribution is -2.49. The van der Waals surface area contributed by atoms with Gasteiger partial charge in [-0.15, -0.1) is 0 Å². The Labute approximate surface area is 79.9 Å². The van der Waals surface area contributed by atoms with Gasteiger partial charge in [0.2, 0.25) is 0 Å². The fourth-order valence-electron chi connectivity index (χ4n) is 2.02. The molecule has 0 aromatic heterocycles. The van der Waals surface area contributed by atoms with Gasteiger partial charge in [-0.3, -0.25) is 0 Å². The van der Waals surface area contributed by atoms with Gasteiger partial charge in [-0.05, 0) is 31.6 Å². The van der Waals surface area contributed by atoms with Crippen LogP contribution in [0, 0.1) is 5.92 Å². The predicted molar refractivity (Wildman–Crippen MR) is 52.4 cm³/mol. The van der Waals surface area contributed by atoms with Crippen molar-refractivity contribution >= 4 is 0 Å². The summed E-state index contributed by atoms with van der Waals surface area (Å²) in [5.74, 6) is 0.962. The van der Waals surface area contributed by atoms with E-state index < -0.39 is 5.60 Å². The van der Waals surface area contributed by atoms with E-state index >= 15 is 0 Å². The van der Waals surface area contributed by atoms with Crippen molar-refractivity contribution in [3.8, 4) is 0 Å². The number of likely N-dealkylation sites (tertiary alicyclic amines) is 1. The first-order valence-electron chi connectivity index (χ1n) is 5.37. The van der Waals surface area contributed by atoms with E-state index in [4.69, 9.17) is 5.73 Å². The van der Waals surface area contributed by atoms with Crippen molar-refractivity contribution in [1.29, 1.82) is 0 Å². The molecule has 0 amide bonds. The summed E-state index contributed by atoms with van der Waals surface area (Å²) in [7, 11) is 0. The highest BCUT2D eigenvalue weighted by Gasteiger charge is 2.33. The second kappa shape index (κ2) is 3.56. The zero-order valence-electron chi connectivity index (χ0n) is 8.21. The smallest absolute Gasteiger partial charge is 0.0793 e. The van der Waals surface area contributed by atoms with Gasteiger partial charge in [0, 0.05) is 26.2 Å². The summed E-state index contributed by atoms with van der Waals surface area (Å²) in [6.07, 6.45) is 4.54. The largest absolute Gasteiger partial charge is 0.388 e. The van der Waals surface area contributed by atoms with Crippen LogP contribution in [-0.4, -0.2) is 41.8 Å². The Hall–Kier alpha value is -0.120. The molecule has 1 saturated carbocycles. The third-order valence-electron chi connectivity index (χ3n) is 3.38. The van der Waals surface area contributed by atoms with Crippen molar-refractivity contribution < 1.29 is 5.11 Å². The lowest BCUT2D eigenvalue weighted by Gasteiger charge is -2.37. The summed E-state index contributed by atoms with van der Waals surface area (Å²) in [4.78, 5) is 2.47. The predicted octanol–water partition coefficient (Wildman–Crippen LogP) is 0.182. The molecule has 0 unspecified atom stereocenters. The molecule has 1 aliphatic carbocycles. The van der Waals surface area contributed by atoms with Crippen molar-refractivity contribution in [2.45, 2.75) is 31.3 Å². The summed E-state index contributed by atoms with van der Waals surface area (Å²) in [6.45, 7) is 3.74. The Bertz CT molecular complexity index is 172. The fraction of sp³-hybridized carbons (Fsp3) is 1.00. The lowest BCUT2D eigenvalue weighted by molar-refractivity contribution is -0.0143. The maximum Gasteiger partial charge on any atom is 0.0793 e. The van der Waals surface area contributed by atoms with E-state index in [9.17, 15) is 5.11 Å². The van der Waals surface area contributed by atoms with Crippen molar-refractivity contribution in [2.24, 2.45) is 11.7 Å². The van der Waals surface area contributed by atoms with Gasteiger partial charge in [0.1, 0.15) is 0 Å². The molecular weight excluding hydrogens is 164 g/mol. The minimum atomic E-state index is -0.556. The Morgan fingerprint density at radius 1 is 1.31 bits per heavy atom. The van der Waals surface area contributed by atoms with Crippen LogP contribution in [0.4, 0.5) is 0 Å². The molecule has 0 spiro atoms. The van der Waals surface area contributed by atoms with Gasteiger partial charge in [-0.1, -0.05) is 0 Å². The number of nitrogens with zero attached hydrogens (tertiary/aromatic N) is 1. The maximum atomic E-state index is 9.90. The highest BCUT2D eigenvalue weighted by atomic mass is 16.3. The van der Waals surface area contributed by atoms with E-state index in [1.165, 1.54) is 19.4 Å². The van der Waals surface area contributed by atoms with Crippen LogP contribution in [0.15, 0.2) is 0 Å². The molecule has 0 aromatic carbocycles. The molecule has 3 N–H and O–H groups in total. The Balaban J connectivity index is 1.74. The average Bonchev–Trinajstić information content (AvgIpc) is 2.93. The quantitative estimate of drug-likeness (QED) is 0.658. The van der Waals surface area contributed by atoms with E-state index in [1.807, 2.05) is 0 Å². The summed E-state index contributed by atoms with van der Waals surface area (Å²) in [5, 5.41) is 9.90. The molecule has 76 valence electrons. The van der Waals surface area contributed by atoms with E-state index in [1.54, 1.807) is 0 Å². The second-order valence-electron chi connectivity index (χ2n) is 4.67. The third-order valence-corrected chi connectivity index (χ3v) is 3.38. The number of hydrogen-bond donors (Lipinski definition) is 2. The van der Waals surface area contributed by atoms with Crippen LogP contribution < -0.4 is 5.73 Å². The molecule has 1 heterocycles. The van der Waals surface area contributed by atoms with Crippen molar-refractivity contribution in [2.75, 3.05) is 26.2 Å². The summed E-state index contributed by atoms with van der Waals surface area (Å²) in [5.41, 5.74) is 4.97. The van der Waals surface area contributed by atoms with Crippen molar-refractivity contribution in [3.05, 3.63) is 0 Å². The zero-order chi connectivity index (χ0) is 9.31. The van der Waals surface area contributed by atoms with Crippen LogP contribution in [0.2, 0.25) is 0 Å². The normalized spacial score (nSPS) is 29.1. The van der Waals surface area contributed by atoms with Crippen LogP contribution in [0.1, 0.15) is 25.7 Å². The molecule has 0 radical (unpaired) electrons. The van der Waals surface area contributed by atoms with Crippen molar-refractivity contribution in [3.63, 3.8) is 0 Å². The van der Waals surface area contributed by atoms with Crippen LogP contribution in [0.25, 0.3) is 0 Å². The van der Waals surface area contributed by atoms with Crippen LogP contribution in [0.3, 0.4) is 0 Å². The molecule has 0 atom stereocenters. The van der Waals surface area contributed by atoms with Gasteiger partial charge >= 0.3 is 0 Å². The monoisotopic (exact) mass is 184 g/mol. The molecule has 3 nitrogen and oxygen atoms in total. The van der Waals surface area contributed by atoms with E-state index in [2.05, 4.69) is 4.90 Å². The SMILES string of the molecule is NCC1(O)CCN(CC2CC2)CC1. The summed E-state index contributed by atoms with van der Waals surface area (Å²) >= 11 is 0. The van der Waals surface area contributed by atoms with Crippen LogP contribution in [-0.2, 0) is 0 Å². The molecule has 2 rings (SSSR count). The van der Waals surface area contributed by atoms with Gasteiger partial charge in [-0.25, -0.2) is 0 Å². The molecule has 2 fully saturated rings. The number of nitrogens with two attached hydrogens (primary N) is 1. The number of piperidine rings is 1. The Morgan fingerprint density at radius 2 is 1.92 bits per heavy atom. The van der Waals surface area contributed by atoms with Crippen LogP contribution >= 0.6 is 0 Å². The van der Waals surface area contributed by atoms with Gasteiger partial charge in [0.25, 0.3) is 0 Å². The van der Waals surface area contributed by atoms with Gasteiger partial charge in [0.15, 0.2) is 0 Å². The minimum absolute atomic E-state index is 0.421. The molecule has 3 heteroatoms. The third kappa shape index (κ3) is 2.42. The number of aliphatic hydroxyl groups is 1. The summed E-state index contributed by atoms with van der Waals surface area (Å²) in [6, 6.07) is 0. The molecule has 13 heavy (non-hydrogen) atoms. The lowest BCUT2D eigenvalue weighted by atomic mass is 9.91. The molecule has 1 saturated heterocycles. The molecule has 2 aliphatic rings. The highest BCUT2D eigenvalue weighted by Crippen LogP contribution is 2.31. The van der Waals surface area contributed by atoms with E-state index in [0.29, 0.717) is 6.54 Å². The molecular formula is C10H20N2O. The van der Waals surface area contributed by atoms with Crippen molar-refractivity contribution in [1.82, 2.24) is 4.90 Å². The molecule has 0 aromatic rings. The van der Waals surface area contributed by atoms with E-state index in [-0.39, 0.29) is 0 Å². The first-order valence-corrected chi connectivity index (χ1v) is 5.37.